The van der Waals surface area contributed by atoms with Gasteiger partial charge < -0.3 is 5.32 Å². The highest BCUT2D eigenvalue weighted by molar-refractivity contribution is 6.34. The number of hydrogen-bond donors (Lipinski definition) is 1. The molecular weight excluding hydrogens is 413 g/mol. The molecule has 0 spiro atoms. The summed E-state index contributed by atoms with van der Waals surface area (Å²) in [4.78, 5) is 17.7. The first-order chi connectivity index (χ1) is 14.3. The van der Waals surface area contributed by atoms with Gasteiger partial charge in [-0.2, -0.15) is 13.2 Å². The fraction of sp³-hybridized carbons (Fsp3) is 0.0435. The third-order valence-electron chi connectivity index (χ3n) is 4.57. The molecule has 0 aliphatic rings. The van der Waals surface area contributed by atoms with E-state index in [4.69, 9.17) is 11.6 Å². The number of halogens is 4. The Labute approximate surface area is 175 Å². The van der Waals surface area contributed by atoms with Crippen LogP contribution in [0.3, 0.4) is 0 Å². The zero-order chi connectivity index (χ0) is 21.3. The molecule has 4 rings (SSSR count). The third kappa shape index (κ3) is 4.00. The summed E-state index contributed by atoms with van der Waals surface area (Å²) in [5.74, 6) is -0.577. The molecule has 1 heterocycles. The highest BCUT2D eigenvalue weighted by Crippen LogP contribution is 2.34. The maximum atomic E-state index is 13.0. The molecule has 0 aliphatic heterocycles. The van der Waals surface area contributed by atoms with E-state index in [2.05, 4.69) is 10.3 Å². The number of hydrogen-bond acceptors (Lipinski definition) is 2. The molecule has 1 N–H and O–H groups in total. The Balaban J connectivity index is 1.79. The minimum Gasteiger partial charge on any atom is -0.321 e. The number of aromatic nitrogens is 1. The molecule has 0 saturated carbocycles. The number of anilines is 1. The van der Waals surface area contributed by atoms with E-state index in [0.717, 1.165) is 23.8 Å². The lowest BCUT2D eigenvalue weighted by Crippen LogP contribution is -2.14. The number of fused-ring (bicyclic) bond motifs is 1. The highest BCUT2D eigenvalue weighted by atomic mass is 35.5. The Morgan fingerprint density at radius 1 is 0.900 bits per heavy atom. The van der Waals surface area contributed by atoms with Gasteiger partial charge in [-0.05, 0) is 30.3 Å². The Hall–Kier alpha value is -3.38. The highest BCUT2D eigenvalue weighted by Gasteiger charge is 2.31. The van der Waals surface area contributed by atoms with Gasteiger partial charge in [0.1, 0.15) is 0 Å². The molecule has 3 nitrogen and oxygen atoms in total. The second-order valence-corrected chi connectivity index (χ2v) is 6.99. The van der Waals surface area contributed by atoms with Gasteiger partial charge in [0.05, 0.1) is 33.0 Å². The van der Waals surface area contributed by atoms with Crippen molar-refractivity contribution >= 4 is 34.1 Å². The largest absolute Gasteiger partial charge is 0.416 e. The molecule has 4 aromatic rings. The summed E-state index contributed by atoms with van der Waals surface area (Å²) in [5, 5.41) is 3.10. The summed E-state index contributed by atoms with van der Waals surface area (Å²) >= 11 is 6.03. The van der Waals surface area contributed by atoms with Crippen LogP contribution in [0.4, 0.5) is 18.9 Å². The summed E-state index contributed by atoms with van der Waals surface area (Å²) < 4.78 is 39.1. The molecule has 30 heavy (non-hydrogen) atoms. The molecule has 1 aromatic heterocycles. The van der Waals surface area contributed by atoms with Crippen LogP contribution in [0, 0.1) is 0 Å². The van der Waals surface area contributed by atoms with E-state index in [9.17, 15) is 18.0 Å². The Morgan fingerprint density at radius 2 is 1.60 bits per heavy atom. The van der Waals surface area contributed by atoms with Gasteiger partial charge in [0, 0.05) is 10.9 Å². The van der Waals surface area contributed by atoms with E-state index >= 15 is 0 Å². The lowest BCUT2D eigenvalue weighted by atomic mass is 10.0. The molecule has 0 radical (unpaired) electrons. The van der Waals surface area contributed by atoms with Crippen LogP contribution in [0.5, 0.6) is 0 Å². The molecule has 0 atom stereocenters. The molecular formula is C23H14ClF3N2O. The molecule has 150 valence electrons. The van der Waals surface area contributed by atoms with E-state index in [-0.39, 0.29) is 16.3 Å². The molecule has 0 unspecified atom stereocenters. The van der Waals surface area contributed by atoms with Gasteiger partial charge in [-0.15, -0.1) is 0 Å². The minimum absolute atomic E-state index is 0.0120. The van der Waals surface area contributed by atoms with Crippen molar-refractivity contribution in [2.45, 2.75) is 6.18 Å². The summed E-state index contributed by atoms with van der Waals surface area (Å²) in [5.41, 5.74) is 1.27. The average Bonchev–Trinajstić information content (AvgIpc) is 2.74. The van der Waals surface area contributed by atoms with Gasteiger partial charge in [0.2, 0.25) is 0 Å². The van der Waals surface area contributed by atoms with Gasteiger partial charge >= 0.3 is 6.18 Å². The fourth-order valence-corrected chi connectivity index (χ4v) is 3.27. The van der Waals surface area contributed by atoms with Crippen LogP contribution >= 0.6 is 11.6 Å². The van der Waals surface area contributed by atoms with Crippen molar-refractivity contribution in [3.8, 4) is 11.3 Å². The maximum Gasteiger partial charge on any atom is 0.416 e. The number of amides is 1. The Kier molecular flexibility index (Phi) is 5.18. The Morgan fingerprint density at radius 3 is 2.33 bits per heavy atom. The summed E-state index contributed by atoms with van der Waals surface area (Å²) in [6.45, 7) is 0. The van der Waals surface area contributed by atoms with Crippen LogP contribution in [0.1, 0.15) is 15.9 Å². The van der Waals surface area contributed by atoms with Crippen molar-refractivity contribution in [1.82, 2.24) is 4.98 Å². The molecule has 0 aliphatic carbocycles. The van der Waals surface area contributed by atoms with Gasteiger partial charge in [0.25, 0.3) is 5.91 Å². The van der Waals surface area contributed by atoms with Crippen molar-refractivity contribution in [2.75, 3.05) is 5.32 Å². The van der Waals surface area contributed by atoms with Crippen LogP contribution in [0.15, 0.2) is 78.9 Å². The summed E-state index contributed by atoms with van der Waals surface area (Å²) in [6.07, 6.45) is -4.55. The second-order valence-electron chi connectivity index (χ2n) is 6.58. The Bertz CT molecular complexity index is 1240. The standard InChI is InChI=1S/C23H14ClF3N2O/c24-18-11-10-15(23(25,26)27)12-21(18)29-22(30)17-13-20(14-6-2-1-3-7-14)28-19-9-5-4-8-16(17)19/h1-13H,(H,29,30). The van der Waals surface area contributed by atoms with Crippen LogP contribution in [0.25, 0.3) is 22.2 Å². The molecule has 7 heteroatoms. The van der Waals surface area contributed by atoms with E-state index in [1.807, 2.05) is 30.3 Å². The van der Waals surface area contributed by atoms with Gasteiger partial charge in [-0.25, -0.2) is 4.98 Å². The predicted octanol–water partition coefficient (Wildman–Crippen LogP) is 6.83. The van der Waals surface area contributed by atoms with Crippen molar-refractivity contribution in [1.29, 1.82) is 0 Å². The SMILES string of the molecule is O=C(Nc1cc(C(F)(F)F)ccc1Cl)c1cc(-c2ccccc2)nc2ccccc12. The first-order valence-corrected chi connectivity index (χ1v) is 9.34. The van der Waals surface area contributed by atoms with Crippen molar-refractivity contribution in [2.24, 2.45) is 0 Å². The van der Waals surface area contributed by atoms with Crippen LogP contribution in [0.2, 0.25) is 5.02 Å². The van der Waals surface area contributed by atoms with Crippen LogP contribution < -0.4 is 5.32 Å². The van der Waals surface area contributed by atoms with Gasteiger partial charge in [0.15, 0.2) is 0 Å². The average molecular weight is 427 g/mol. The van der Waals surface area contributed by atoms with Crippen molar-refractivity contribution in [3.05, 3.63) is 95.0 Å². The fourth-order valence-electron chi connectivity index (χ4n) is 3.11. The van der Waals surface area contributed by atoms with E-state index in [0.29, 0.717) is 16.6 Å². The molecule has 0 fully saturated rings. The number of nitrogens with one attached hydrogen (secondary N) is 1. The second kappa shape index (κ2) is 7.80. The lowest BCUT2D eigenvalue weighted by Gasteiger charge is -2.13. The van der Waals surface area contributed by atoms with E-state index in [1.165, 1.54) is 0 Å². The lowest BCUT2D eigenvalue weighted by molar-refractivity contribution is -0.137. The molecule has 0 bridgehead atoms. The topological polar surface area (TPSA) is 42.0 Å². The number of nitrogens with zero attached hydrogens (tertiary/aromatic N) is 1. The molecule has 3 aromatic carbocycles. The first kappa shape index (κ1) is 19.9. The summed E-state index contributed by atoms with van der Waals surface area (Å²) in [6, 6.07) is 20.8. The maximum absolute atomic E-state index is 13.0. The van der Waals surface area contributed by atoms with Crippen LogP contribution in [-0.4, -0.2) is 10.9 Å². The smallest absolute Gasteiger partial charge is 0.321 e. The van der Waals surface area contributed by atoms with Crippen molar-refractivity contribution < 1.29 is 18.0 Å². The monoisotopic (exact) mass is 426 g/mol. The number of alkyl halides is 3. The van der Waals surface area contributed by atoms with Gasteiger partial charge in [-0.1, -0.05) is 60.1 Å². The number of rotatable bonds is 3. The van der Waals surface area contributed by atoms with Gasteiger partial charge in [-0.3, -0.25) is 4.79 Å². The number of carbonyl (C=O) groups is 1. The number of benzene rings is 3. The zero-order valence-corrected chi connectivity index (χ0v) is 16.1. The van der Waals surface area contributed by atoms with E-state index in [1.54, 1.807) is 30.3 Å². The normalized spacial score (nSPS) is 11.5. The van der Waals surface area contributed by atoms with Crippen molar-refractivity contribution in [3.63, 3.8) is 0 Å². The number of carbonyl (C=O) groups excluding carboxylic acids is 1. The number of pyridine rings is 1. The molecule has 0 saturated heterocycles. The zero-order valence-electron chi connectivity index (χ0n) is 15.4. The first-order valence-electron chi connectivity index (χ1n) is 8.96. The van der Waals surface area contributed by atoms with E-state index < -0.39 is 17.6 Å². The number of para-hydroxylation sites is 1. The molecule has 1 amide bonds. The van der Waals surface area contributed by atoms with Crippen LogP contribution in [-0.2, 0) is 6.18 Å². The predicted molar refractivity (Wildman–Crippen MR) is 112 cm³/mol. The summed E-state index contributed by atoms with van der Waals surface area (Å²) in [7, 11) is 0. The quantitative estimate of drug-likeness (QED) is 0.390. The minimum atomic E-state index is -4.55. The third-order valence-corrected chi connectivity index (χ3v) is 4.90.